The number of benzene rings is 2. The number of furan rings is 1. The summed E-state index contributed by atoms with van der Waals surface area (Å²) in [7, 11) is 0. The number of hydrogen-bond acceptors (Lipinski definition) is 3. The molecule has 2 aromatic carbocycles. The molecule has 0 N–H and O–H groups in total. The fourth-order valence-electron chi connectivity index (χ4n) is 3.36. The molecule has 1 aromatic heterocycles. The molecule has 25 heavy (non-hydrogen) atoms. The van der Waals surface area contributed by atoms with Gasteiger partial charge in [-0.05, 0) is 17.0 Å². The van der Waals surface area contributed by atoms with Crippen LogP contribution >= 0.6 is 0 Å². The highest BCUT2D eigenvalue weighted by Crippen LogP contribution is 2.37. The zero-order chi connectivity index (χ0) is 17.6. The Bertz CT molecular complexity index is 918. The maximum absolute atomic E-state index is 11.1. The number of hydrogen-bond donors (Lipinski definition) is 0. The highest BCUT2D eigenvalue weighted by molar-refractivity contribution is 5.88. The predicted molar refractivity (Wildman–Crippen MR) is 98.6 cm³/mol. The number of esters is 1. The van der Waals surface area contributed by atoms with Crippen LogP contribution in [0, 0.1) is 0 Å². The Labute approximate surface area is 147 Å². The molecule has 0 spiro atoms. The summed E-state index contributed by atoms with van der Waals surface area (Å²) in [6.45, 7) is 6.62. The van der Waals surface area contributed by atoms with Gasteiger partial charge in [0.25, 0.3) is 0 Å². The normalized spacial score (nSPS) is 17.4. The Morgan fingerprint density at radius 3 is 2.36 bits per heavy atom. The van der Waals surface area contributed by atoms with E-state index >= 15 is 0 Å². The zero-order valence-corrected chi connectivity index (χ0v) is 14.8. The molecule has 1 atom stereocenters. The predicted octanol–water partition coefficient (Wildman–Crippen LogP) is 5.26. The molecule has 0 amide bonds. The molecule has 4 rings (SSSR count). The number of para-hydroxylation sites is 1. The van der Waals surface area contributed by atoms with Crippen LogP contribution < -0.4 is 0 Å². The Balaban J connectivity index is 1.76. The Morgan fingerprint density at radius 1 is 1.04 bits per heavy atom. The standard InChI is InChI=1S/C22H22O3/c1-22(2,3)15-10-8-14(9-11-15)21-18(12-16-13-20(23)24-16)17-6-4-5-7-19(17)25-21/h4-11,16H,12-13H2,1-3H3. The second-order valence-electron chi connectivity index (χ2n) is 7.75. The lowest BCUT2D eigenvalue weighted by Gasteiger charge is -2.25. The van der Waals surface area contributed by atoms with Crippen molar-refractivity contribution in [3.63, 3.8) is 0 Å². The second kappa shape index (κ2) is 5.76. The van der Waals surface area contributed by atoms with E-state index in [0.717, 1.165) is 27.9 Å². The van der Waals surface area contributed by atoms with E-state index in [1.807, 2.05) is 18.2 Å². The molecule has 1 aliphatic heterocycles. The van der Waals surface area contributed by atoms with Gasteiger partial charge >= 0.3 is 5.97 Å². The van der Waals surface area contributed by atoms with Crippen LogP contribution in [-0.4, -0.2) is 12.1 Å². The van der Waals surface area contributed by atoms with E-state index in [0.29, 0.717) is 12.8 Å². The third-order valence-corrected chi connectivity index (χ3v) is 4.84. The molecule has 1 unspecified atom stereocenters. The van der Waals surface area contributed by atoms with Crippen molar-refractivity contribution in [1.82, 2.24) is 0 Å². The van der Waals surface area contributed by atoms with E-state index in [1.165, 1.54) is 5.56 Å². The summed E-state index contributed by atoms with van der Waals surface area (Å²) in [6.07, 6.45) is 1.14. The zero-order valence-electron chi connectivity index (χ0n) is 14.8. The van der Waals surface area contributed by atoms with Crippen molar-refractivity contribution in [1.29, 1.82) is 0 Å². The first-order valence-electron chi connectivity index (χ1n) is 8.72. The highest BCUT2D eigenvalue weighted by atomic mass is 16.6. The second-order valence-corrected chi connectivity index (χ2v) is 7.75. The highest BCUT2D eigenvalue weighted by Gasteiger charge is 2.31. The van der Waals surface area contributed by atoms with Crippen LogP contribution in [0.5, 0.6) is 0 Å². The van der Waals surface area contributed by atoms with E-state index in [-0.39, 0.29) is 17.5 Å². The number of carbonyl (C=O) groups excluding carboxylic acids is 1. The molecule has 0 aliphatic carbocycles. The van der Waals surface area contributed by atoms with Crippen molar-refractivity contribution >= 4 is 16.9 Å². The molecule has 3 heteroatoms. The molecule has 0 bridgehead atoms. The van der Waals surface area contributed by atoms with Crippen LogP contribution in [0.4, 0.5) is 0 Å². The minimum Gasteiger partial charge on any atom is -0.461 e. The number of carbonyl (C=O) groups is 1. The van der Waals surface area contributed by atoms with Gasteiger partial charge in [0.15, 0.2) is 0 Å². The van der Waals surface area contributed by atoms with Crippen LogP contribution in [0.3, 0.4) is 0 Å². The van der Waals surface area contributed by atoms with Crippen molar-refractivity contribution in [2.45, 2.75) is 45.1 Å². The van der Waals surface area contributed by atoms with Gasteiger partial charge in [0, 0.05) is 22.9 Å². The third-order valence-electron chi connectivity index (χ3n) is 4.84. The molecular formula is C22H22O3. The van der Waals surface area contributed by atoms with Gasteiger partial charge in [0.2, 0.25) is 0 Å². The van der Waals surface area contributed by atoms with Crippen molar-refractivity contribution in [3.05, 3.63) is 59.7 Å². The van der Waals surface area contributed by atoms with E-state index in [9.17, 15) is 4.79 Å². The van der Waals surface area contributed by atoms with Crippen LogP contribution in [0.25, 0.3) is 22.3 Å². The Morgan fingerprint density at radius 2 is 1.72 bits per heavy atom. The van der Waals surface area contributed by atoms with Gasteiger partial charge in [-0.25, -0.2) is 0 Å². The lowest BCUT2D eigenvalue weighted by Crippen LogP contribution is -2.34. The van der Waals surface area contributed by atoms with E-state index in [4.69, 9.17) is 9.15 Å². The van der Waals surface area contributed by atoms with Gasteiger partial charge in [-0.3, -0.25) is 4.79 Å². The van der Waals surface area contributed by atoms with E-state index in [1.54, 1.807) is 0 Å². The average Bonchev–Trinajstić information content (AvgIpc) is 2.92. The summed E-state index contributed by atoms with van der Waals surface area (Å²) in [4.78, 5) is 11.1. The van der Waals surface area contributed by atoms with Crippen molar-refractivity contribution in [3.8, 4) is 11.3 Å². The van der Waals surface area contributed by atoms with E-state index < -0.39 is 0 Å². The molecule has 0 saturated carbocycles. The number of rotatable bonds is 3. The molecule has 2 heterocycles. The lowest BCUT2D eigenvalue weighted by atomic mass is 9.86. The monoisotopic (exact) mass is 334 g/mol. The topological polar surface area (TPSA) is 39.4 Å². The fraction of sp³-hybridized carbons (Fsp3) is 0.318. The molecule has 1 fully saturated rings. The summed E-state index contributed by atoms with van der Waals surface area (Å²) in [6, 6.07) is 16.6. The first kappa shape index (κ1) is 15.9. The van der Waals surface area contributed by atoms with Gasteiger partial charge in [-0.1, -0.05) is 63.2 Å². The van der Waals surface area contributed by atoms with Crippen LogP contribution in [0.2, 0.25) is 0 Å². The first-order chi connectivity index (χ1) is 11.9. The van der Waals surface area contributed by atoms with Crippen molar-refractivity contribution in [2.75, 3.05) is 0 Å². The maximum atomic E-state index is 11.1. The Kier molecular flexibility index (Phi) is 3.68. The minimum atomic E-state index is -0.117. The Hall–Kier alpha value is -2.55. The summed E-state index contributed by atoms with van der Waals surface area (Å²) < 4.78 is 11.4. The number of ether oxygens (including phenoxy) is 1. The molecular weight excluding hydrogens is 312 g/mol. The molecule has 1 saturated heterocycles. The average molecular weight is 334 g/mol. The smallest absolute Gasteiger partial charge is 0.309 e. The summed E-state index contributed by atoms with van der Waals surface area (Å²) in [5, 5.41) is 1.10. The van der Waals surface area contributed by atoms with Crippen molar-refractivity contribution < 1.29 is 13.9 Å². The van der Waals surface area contributed by atoms with Gasteiger partial charge in [0.1, 0.15) is 17.4 Å². The van der Waals surface area contributed by atoms with Crippen LogP contribution in [-0.2, 0) is 21.4 Å². The van der Waals surface area contributed by atoms with Gasteiger partial charge in [-0.2, -0.15) is 0 Å². The van der Waals surface area contributed by atoms with Gasteiger partial charge in [0.05, 0.1) is 6.42 Å². The third kappa shape index (κ3) is 2.95. The van der Waals surface area contributed by atoms with Crippen LogP contribution in [0.15, 0.2) is 52.9 Å². The number of cyclic esters (lactones) is 1. The summed E-state index contributed by atoms with van der Waals surface area (Å²) >= 11 is 0. The number of fused-ring (bicyclic) bond motifs is 1. The first-order valence-corrected chi connectivity index (χ1v) is 8.72. The maximum Gasteiger partial charge on any atom is 0.309 e. The quantitative estimate of drug-likeness (QED) is 0.614. The molecule has 3 nitrogen and oxygen atoms in total. The summed E-state index contributed by atoms with van der Waals surface area (Å²) in [5.74, 6) is 0.762. The largest absolute Gasteiger partial charge is 0.461 e. The SMILES string of the molecule is CC(C)(C)c1ccc(-c2oc3ccccc3c2CC2CC(=O)O2)cc1. The minimum absolute atomic E-state index is 0.0406. The van der Waals surface area contributed by atoms with Crippen LogP contribution in [0.1, 0.15) is 38.3 Å². The van der Waals surface area contributed by atoms with Gasteiger partial charge in [-0.15, -0.1) is 0 Å². The molecule has 3 aromatic rings. The molecule has 0 radical (unpaired) electrons. The van der Waals surface area contributed by atoms with E-state index in [2.05, 4.69) is 51.1 Å². The summed E-state index contributed by atoms with van der Waals surface area (Å²) in [5.41, 5.74) is 4.47. The molecule has 1 aliphatic rings. The van der Waals surface area contributed by atoms with Gasteiger partial charge < -0.3 is 9.15 Å². The molecule has 128 valence electrons. The lowest BCUT2D eigenvalue weighted by molar-refractivity contribution is -0.169. The fourth-order valence-corrected chi connectivity index (χ4v) is 3.36. The van der Waals surface area contributed by atoms with Crippen molar-refractivity contribution in [2.24, 2.45) is 0 Å².